The molecule has 7 heteroatoms. The zero-order chi connectivity index (χ0) is 20.1. The van der Waals surface area contributed by atoms with Crippen LogP contribution in [0.4, 0.5) is 11.4 Å². The van der Waals surface area contributed by atoms with E-state index in [1.54, 1.807) is 12.1 Å². The minimum atomic E-state index is -4.20. The van der Waals surface area contributed by atoms with Crippen LogP contribution in [0.5, 0.6) is 0 Å². The second-order valence-corrected chi connectivity index (χ2v) is 7.76. The number of para-hydroxylation sites is 2. The molecule has 0 atom stereocenters. The van der Waals surface area contributed by atoms with Crippen molar-refractivity contribution < 1.29 is 13.3 Å². The van der Waals surface area contributed by atoms with Crippen molar-refractivity contribution in [1.29, 1.82) is 0 Å². The maximum Gasteiger partial charge on any atom is 0.289 e. The zero-order valence-electron chi connectivity index (χ0n) is 14.9. The van der Waals surface area contributed by atoms with E-state index in [9.17, 15) is 18.5 Å². The van der Waals surface area contributed by atoms with Gasteiger partial charge in [-0.05, 0) is 17.7 Å². The Kier molecular flexibility index (Phi) is 5.56. The second-order valence-electron chi connectivity index (χ2n) is 5.93. The number of hydrogen-bond acceptors (Lipinski definition) is 4. The third-order valence-corrected chi connectivity index (χ3v) is 6.01. The first-order chi connectivity index (χ1) is 13.5. The van der Waals surface area contributed by atoms with Crippen LogP contribution in [-0.2, 0) is 10.0 Å². The third-order valence-electron chi connectivity index (χ3n) is 4.18. The molecular weight excluding hydrogens is 376 g/mol. The lowest BCUT2D eigenvalue weighted by Crippen LogP contribution is -2.32. The van der Waals surface area contributed by atoms with Crippen molar-refractivity contribution >= 4 is 21.4 Å². The van der Waals surface area contributed by atoms with E-state index in [2.05, 4.69) is 6.58 Å². The van der Waals surface area contributed by atoms with E-state index in [0.717, 1.165) is 9.87 Å². The molecule has 0 aliphatic heterocycles. The van der Waals surface area contributed by atoms with Gasteiger partial charge in [-0.1, -0.05) is 66.7 Å². The number of benzene rings is 3. The van der Waals surface area contributed by atoms with Crippen LogP contribution in [0.2, 0.25) is 0 Å². The van der Waals surface area contributed by atoms with Gasteiger partial charge in [-0.15, -0.1) is 6.58 Å². The molecule has 0 saturated heterocycles. The van der Waals surface area contributed by atoms with Gasteiger partial charge < -0.3 is 0 Å². The number of nitro groups is 1. The van der Waals surface area contributed by atoms with Crippen molar-refractivity contribution in [2.45, 2.75) is 4.90 Å². The molecule has 6 nitrogen and oxygen atoms in total. The minimum Gasteiger partial charge on any atom is -0.262 e. The van der Waals surface area contributed by atoms with Crippen molar-refractivity contribution in [1.82, 2.24) is 0 Å². The van der Waals surface area contributed by atoms with E-state index in [-0.39, 0.29) is 11.4 Å². The normalized spacial score (nSPS) is 11.0. The first-order valence-electron chi connectivity index (χ1n) is 8.48. The standard InChI is InChI=1S/C21H18N2O4S/c1-2-16-22(28(26,27)21-15-9-8-14-20(21)23(24)25)19-13-7-6-12-18(19)17-10-4-3-5-11-17/h2-15H,1,16H2. The Balaban J connectivity index is 2.22. The molecule has 0 amide bonds. The Hall–Kier alpha value is -3.45. The molecule has 0 radical (unpaired) electrons. The fraction of sp³-hybridized carbons (Fsp3) is 0.0476. The van der Waals surface area contributed by atoms with Gasteiger partial charge in [0.1, 0.15) is 0 Å². The Morgan fingerprint density at radius 1 is 0.929 bits per heavy atom. The molecule has 0 fully saturated rings. The van der Waals surface area contributed by atoms with Gasteiger partial charge in [0.15, 0.2) is 4.90 Å². The molecule has 0 aliphatic carbocycles. The smallest absolute Gasteiger partial charge is 0.262 e. The minimum absolute atomic E-state index is 0.0295. The van der Waals surface area contributed by atoms with Crippen LogP contribution in [0.3, 0.4) is 0 Å². The van der Waals surface area contributed by atoms with Crippen LogP contribution in [0.1, 0.15) is 0 Å². The highest BCUT2D eigenvalue weighted by Gasteiger charge is 2.32. The van der Waals surface area contributed by atoms with Gasteiger partial charge in [0, 0.05) is 11.6 Å². The lowest BCUT2D eigenvalue weighted by atomic mass is 10.0. The number of rotatable bonds is 7. The van der Waals surface area contributed by atoms with Crippen LogP contribution < -0.4 is 4.31 Å². The van der Waals surface area contributed by atoms with E-state index in [4.69, 9.17) is 0 Å². The van der Waals surface area contributed by atoms with Gasteiger partial charge in [0.05, 0.1) is 17.2 Å². The summed E-state index contributed by atoms with van der Waals surface area (Å²) < 4.78 is 28.0. The van der Waals surface area contributed by atoms with Gasteiger partial charge in [0.25, 0.3) is 15.7 Å². The number of nitro benzene ring substituents is 1. The maximum atomic E-state index is 13.4. The summed E-state index contributed by atoms with van der Waals surface area (Å²) in [6.07, 6.45) is 1.45. The monoisotopic (exact) mass is 394 g/mol. The first-order valence-corrected chi connectivity index (χ1v) is 9.92. The fourth-order valence-corrected chi connectivity index (χ4v) is 4.56. The number of hydrogen-bond donors (Lipinski definition) is 0. The summed E-state index contributed by atoms with van der Waals surface area (Å²) in [4.78, 5) is 10.3. The van der Waals surface area contributed by atoms with Gasteiger partial charge >= 0.3 is 0 Å². The number of nitrogens with zero attached hydrogens (tertiary/aromatic N) is 2. The molecule has 0 saturated carbocycles. The molecule has 0 unspecified atom stereocenters. The number of anilines is 1. The molecular formula is C21H18N2O4S. The topological polar surface area (TPSA) is 80.5 Å². The van der Waals surface area contributed by atoms with Gasteiger partial charge in [-0.2, -0.15) is 0 Å². The van der Waals surface area contributed by atoms with Crippen LogP contribution in [0.15, 0.2) is 96.4 Å². The van der Waals surface area contributed by atoms with Crippen molar-refractivity contribution in [3.8, 4) is 11.1 Å². The summed E-state index contributed by atoms with van der Waals surface area (Å²) >= 11 is 0. The van der Waals surface area contributed by atoms with Gasteiger partial charge in [-0.25, -0.2) is 8.42 Å². The molecule has 0 N–H and O–H groups in total. The highest BCUT2D eigenvalue weighted by Crippen LogP contribution is 2.35. The van der Waals surface area contributed by atoms with Crippen molar-refractivity contribution in [2.24, 2.45) is 0 Å². The van der Waals surface area contributed by atoms with Crippen molar-refractivity contribution in [3.05, 3.63) is 102 Å². The molecule has 142 valence electrons. The molecule has 0 bridgehead atoms. The lowest BCUT2D eigenvalue weighted by molar-refractivity contribution is -0.387. The average Bonchev–Trinajstić information content (AvgIpc) is 2.72. The Bertz CT molecular complexity index is 1110. The van der Waals surface area contributed by atoms with Gasteiger partial charge in [0.2, 0.25) is 0 Å². The maximum absolute atomic E-state index is 13.4. The van der Waals surface area contributed by atoms with E-state index in [1.165, 1.54) is 30.3 Å². The van der Waals surface area contributed by atoms with Crippen molar-refractivity contribution in [2.75, 3.05) is 10.8 Å². The average molecular weight is 394 g/mol. The summed E-state index contributed by atoms with van der Waals surface area (Å²) in [6, 6.07) is 21.7. The predicted molar refractivity (Wildman–Crippen MR) is 110 cm³/mol. The molecule has 28 heavy (non-hydrogen) atoms. The molecule has 0 aliphatic rings. The SMILES string of the molecule is C=CCN(c1ccccc1-c1ccccc1)S(=O)(=O)c1ccccc1[N+](=O)[O-]. The van der Waals surface area contributed by atoms with Crippen LogP contribution in [0, 0.1) is 10.1 Å². The van der Waals surface area contributed by atoms with Crippen molar-refractivity contribution in [3.63, 3.8) is 0 Å². The van der Waals surface area contributed by atoms with E-state index in [0.29, 0.717) is 11.3 Å². The predicted octanol–water partition coefficient (Wildman–Crippen LogP) is 4.64. The Morgan fingerprint density at radius 3 is 2.21 bits per heavy atom. The molecule has 0 spiro atoms. The highest BCUT2D eigenvalue weighted by atomic mass is 32.2. The molecule has 3 rings (SSSR count). The summed E-state index contributed by atoms with van der Waals surface area (Å²) in [7, 11) is -4.20. The largest absolute Gasteiger partial charge is 0.289 e. The fourth-order valence-electron chi connectivity index (χ4n) is 2.94. The lowest BCUT2D eigenvalue weighted by Gasteiger charge is -2.25. The number of sulfonamides is 1. The van der Waals surface area contributed by atoms with E-state index < -0.39 is 20.6 Å². The Morgan fingerprint density at radius 2 is 1.54 bits per heavy atom. The van der Waals surface area contributed by atoms with E-state index in [1.807, 2.05) is 42.5 Å². The molecule has 3 aromatic carbocycles. The summed E-state index contributed by atoms with van der Waals surface area (Å²) in [6.45, 7) is 3.62. The third kappa shape index (κ3) is 3.65. The molecule has 3 aromatic rings. The van der Waals surface area contributed by atoms with E-state index >= 15 is 0 Å². The van der Waals surface area contributed by atoms with Crippen LogP contribution >= 0.6 is 0 Å². The Labute approximate surface area is 163 Å². The molecule has 0 aromatic heterocycles. The molecule has 0 heterocycles. The summed E-state index contributed by atoms with van der Waals surface area (Å²) in [5, 5.41) is 11.4. The van der Waals surface area contributed by atoms with Gasteiger partial charge in [-0.3, -0.25) is 14.4 Å². The first kappa shape index (κ1) is 19.3. The second kappa shape index (κ2) is 8.06. The highest BCUT2D eigenvalue weighted by molar-refractivity contribution is 7.93. The van der Waals surface area contributed by atoms with Crippen LogP contribution in [-0.4, -0.2) is 19.9 Å². The zero-order valence-corrected chi connectivity index (χ0v) is 15.7. The summed E-state index contributed by atoms with van der Waals surface area (Å²) in [5.74, 6) is 0. The van der Waals surface area contributed by atoms with Crippen LogP contribution in [0.25, 0.3) is 11.1 Å². The quantitative estimate of drug-likeness (QED) is 0.332. The summed E-state index contributed by atoms with van der Waals surface area (Å²) in [5.41, 5.74) is 1.50.